The number of aliphatic hydroxyl groups excluding tert-OH is 1. The molecule has 4 rings (SSSR count). The Kier molecular flexibility index (Phi) is 8.00. The number of aliphatic hydroxyl groups is 1. The first kappa shape index (κ1) is 26.7. The molecule has 1 aliphatic heterocycles. The lowest BCUT2D eigenvalue weighted by Crippen LogP contribution is -2.29. The molecule has 0 aliphatic carbocycles. The maximum Gasteiger partial charge on any atom is 0.295 e. The number of ketones is 1. The van der Waals surface area contributed by atoms with Crippen LogP contribution in [0.25, 0.3) is 5.76 Å². The number of methoxy groups -OCH3 is 2. The van der Waals surface area contributed by atoms with Crippen LogP contribution >= 0.6 is 0 Å². The number of pyridine rings is 1. The van der Waals surface area contributed by atoms with Gasteiger partial charge in [-0.1, -0.05) is 26.0 Å². The Morgan fingerprint density at radius 1 is 1.05 bits per heavy atom. The van der Waals surface area contributed by atoms with Crippen LogP contribution in [0.15, 0.2) is 66.5 Å². The molecule has 3 aromatic rings. The summed E-state index contributed by atoms with van der Waals surface area (Å²) in [6.07, 6.45) is 3.28. The molecule has 1 aromatic heterocycles. The van der Waals surface area contributed by atoms with Gasteiger partial charge in [0, 0.05) is 24.5 Å². The molecule has 2 heterocycles. The predicted molar refractivity (Wildman–Crippen MR) is 143 cm³/mol. The minimum atomic E-state index is -0.855. The number of carbonyl (C=O) groups is 2. The van der Waals surface area contributed by atoms with Crippen molar-refractivity contribution in [1.82, 2.24) is 9.88 Å². The SMILES string of the molecule is COc1ccc([C@@H]2C(=C(O)c3ccc(OCC(C)C)cc3C)C(=O)C(=O)N2Cc2cccnc2)cc1OC. The number of benzene rings is 2. The van der Waals surface area contributed by atoms with Crippen LogP contribution in [0.4, 0.5) is 0 Å². The lowest BCUT2D eigenvalue weighted by molar-refractivity contribution is -0.140. The van der Waals surface area contributed by atoms with Crippen LogP contribution in [0.1, 0.15) is 42.1 Å². The van der Waals surface area contributed by atoms with E-state index in [1.54, 1.807) is 48.8 Å². The molecule has 38 heavy (non-hydrogen) atoms. The number of hydrogen-bond acceptors (Lipinski definition) is 7. The van der Waals surface area contributed by atoms with Crippen molar-refractivity contribution in [3.05, 3.63) is 88.8 Å². The molecule has 1 saturated heterocycles. The van der Waals surface area contributed by atoms with Gasteiger partial charge in [0.25, 0.3) is 11.7 Å². The highest BCUT2D eigenvalue weighted by molar-refractivity contribution is 6.46. The van der Waals surface area contributed by atoms with Crippen LogP contribution < -0.4 is 14.2 Å². The molecule has 2 aromatic carbocycles. The van der Waals surface area contributed by atoms with E-state index in [9.17, 15) is 14.7 Å². The first-order chi connectivity index (χ1) is 18.2. The van der Waals surface area contributed by atoms with Crippen molar-refractivity contribution in [2.24, 2.45) is 5.92 Å². The van der Waals surface area contributed by atoms with Crippen molar-refractivity contribution in [1.29, 1.82) is 0 Å². The number of nitrogens with zero attached hydrogens (tertiary/aromatic N) is 2. The van der Waals surface area contributed by atoms with Gasteiger partial charge < -0.3 is 24.2 Å². The third-order valence-corrected chi connectivity index (χ3v) is 6.38. The van der Waals surface area contributed by atoms with Gasteiger partial charge >= 0.3 is 0 Å². The van der Waals surface area contributed by atoms with Crippen molar-refractivity contribution in [2.45, 2.75) is 33.4 Å². The highest BCUT2D eigenvalue weighted by Gasteiger charge is 2.46. The van der Waals surface area contributed by atoms with E-state index in [1.165, 1.54) is 19.1 Å². The number of likely N-dealkylation sites (tertiary alicyclic amines) is 1. The fraction of sp³-hybridized carbons (Fsp3) is 0.300. The molecule has 0 spiro atoms. The molecule has 1 amide bonds. The summed E-state index contributed by atoms with van der Waals surface area (Å²) in [5.41, 5.74) is 2.52. The molecular formula is C30H32N2O6. The van der Waals surface area contributed by atoms with Crippen LogP contribution in [0, 0.1) is 12.8 Å². The highest BCUT2D eigenvalue weighted by Crippen LogP contribution is 2.43. The zero-order valence-electron chi connectivity index (χ0n) is 22.2. The number of amides is 1. The van der Waals surface area contributed by atoms with Crippen molar-refractivity contribution < 1.29 is 28.9 Å². The Hall–Kier alpha value is -4.33. The molecule has 0 bridgehead atoms. The lowest BCUT2D eigenvalue weighted by atomic mass is 9.93. The summed E-state index contributed by atoms with van der Waals surface area (Å²) < 4.78 is 16.7. The Morgan fingerprint density at radius 3 is 2.45 bits per heavy atom. The average Bonchev–Trinajstić information content (AvgIpc) is 3.16. The Balaban J connectivity index is 1.84. The summed E-state index contributed by atoms with van der Waals surface area (Å²) in [7, 11) is 3.05. The maximum absolute atomic E-state index is 13.4. The number of hydrogen-bond donors (Lipinski definition) is 1. The number of ether oxygens (including phenoxy) is 3. The van der Waals surface area contributed by atoms with E-state index in [4.69, 9.17) is 14.2 Å². The van der Waals surface area contributed by atoms with Gasteiger partial charge in [0.15, 0.2) is 11.5 Å². The van der Waals surface area contributed by atoms with E-state index >= 15 is 0 Å². The van der Waals surface area contributed by atoms with Crippen molar-refractivity contribution >= 4 is 17.4 Å². The second kappa shape index (κ2) is 11.4. The van der Waals surface area contributed by atoms with E-state index in [-0.39, 0.29) is 17.9 Å². The van der Waals surface area contributed by atoms with E-state index in [0.29, 0.717) is 46.5 Å². The fourth-order valence-electron chi connectivity index (χ4n) is 4.50. The third-order valence-electron chi connectivity index (χ3n) is 6.38. The second-order valence-electron chi connectivity index (χ2n) is 9.58. The van der Waals surface area contributed by atoms with Gasteiger partial charge in [-0.2, -0.15) is 0 Å². The minimum absolute atomic E-state index is 0.00468. The molecule has 198 valence electrons. The van der Waals surface area contributed by atoms with Gasteiger partial charge in [-0.25, -0.2) is 0 Å². The number of rotatable bonds is 9. The van der Waals surface area contributed by atoms with Crippen LogP contribution in [0.3, 0.4) is 0 Å². The monoisotopic (exact) mass is 516 g/mol. The smallest absolute Gasteiger partial charge is 0.295 e. The van der Waals surface area contributed by atoms with E-state index in [1.807, 2.05) is 19.1 Å². The highest BCUT2D eigenvalue weighted by atomic mass is 16.5. The molecule has 0 saturated carbocycles. The summed E-state index contributed by atoms with van der Waals surface area (Å²) in [6, 6.07) is 13.2. The molecule has 1 atom stereocenters. The Morgan fingerprint density at radius 2 is 1.82 bits per heavy atom. The zero-order valence-corrected chi connectivity index (χ0v) is 22.2. The van der Waals surface area contributed by atoms with Gasteiger partial charge in [-0.3, -0.25) is 14.6 Å². The van der Waals surface area contributed by atoms with Crippen LogP contribution in [-0.2, 0) is 16.1 Å². The van der Waals surface area contributed by atoms with Crippen molar-refractivity contribution in [2.75, 3.05) is 20.8 Å². The standard InChI is InChI=1S/C30H32N2O6/c1-18(2)17-38-22-9-10-23(19(3)13-22)28(33)26-27(21-8-11-24(36-4)25(14-21)37-5)32(30(35)29(26)34)16-20-7-6-12-31-15-20/h6-15,18,27,33H,16-17H2,1-5H3/t27-/m1/s1. The molecule has 1 fully saturated rings. The lowest BCUT2D eigenvalue weighted by Gasteiger charge is -2.26. The van der Waals surface area contributed by atoms with Crippen LogP contribution in [-0.4, -0.2) is 47.5 Å². The molecular weight excluding hydrogens is 484 g/mol. The van der Waals surface area contributed by atoms with E-state index in [2.05, 4.69) is 18.8 Å². The third kappa shape index (κ3) is 5.34. The zero-order chi connectivity index (χ0) is 27.4. The molecule has 0 unspecified atom stereocenters. The summed E-state index contributed by atoms with van der Waals surface area (Å²) in [5.74, 6) is 0.273. The quantitative estimate of drug-likeness (QED) is 0.241. The predicted octanol–water partition coefficient (Wildman–Crippen LogP) is 5.06. The Bertz CT molecular complexity index is 1370. The first-order valence-electron chi connectivity index (χ1n) is 12.4. The normalized spacial score (nSPS) is 16.7. The van der Waals surface area contributed by atoms with E-state index in [0.717, 1.165) is 5.56 Å². The molecule has 8 nitrogen and oxygen atoms in total. The maximum atomic E-state index is 13.4. The largest absolute Gasteiger partial charge is 0.507 e. The first-order valence-corrected chi connectivity index (χ1v) is 12.4. The summed E-state index contributed by atoms with van der Waals surface area (Å²) in [4.78, 5) is 32.4. The Labute approximate surface area is 222 Å². The van der Waals surface area contributed by atoms with Gasteiger partial charge in [0.1, 0.15) is 11.5 Å². The van der Waals surface area contributed by atoms with Crippen LogP contribution in [0.2, 0.25) is 0 Å². The number of carbonyl (C=O) groups excluding carboxylic acids is 2. The number of aryl methyl sites for hydroxylation is 1. The molecule has 8 heteroatoms. The topological polar surface area (TPSA) is 98.2 Å². The summed E-state index contributed by atoms with van der Waals surface area (Å²) >= 11 is 0. The van der Waals surface area contributed by atoms with E-state index < -0.39 is 17.7 Å². The van der Waals surface area contributed by atoms with Crippen LogP contribution in [0.5, 0.6) is 17.2 Å². The van der Waals surface area contributed by atoms with Crippen molar-refractivity contribution in [3.63, 3.8) is 0 Å². The fourth-order valence-corrected chi connectivity index (χ4v) is 4.50. The molecule has 1 N–H and O–H groups in total. The number of Topliss-reactive ketones (excluding diaryl/α,β-unsaturated/α-hetero) is 1. The van der Waals surface area contributed by atoms with Crippen molar-refractivity contribution in [3.8, 4) is 17.2 Å². The van der Waals surface area contributed by atoms with Gasteiger partial charge in [0.05, 0.1) is 32.4 Å². The summed E-state index contributed by atoms with van der Waals surface area (Å²) in [6.45, 7) is 6.64. The second-order valence-corrected chi connectivity index (χ2v) is 9.58. The molecule has 1 aliphatic rings. The van der Waals surface area contributed by atoms with Gasteiger partial charge in [-0.15, -0.1) is 0 Å². The summed E-state index contributed by atoms with van der Waals surface area (Å²) in [5, 5.41) is 11.5. The minimum Gasteiger partial charge on any atom is -0.507 e. The average molecular weight is 517 g/mol. The number of aromatic nitrogens is 1. The molecule has 0 radical (unpaired) electrons. The van der Waals surface area contributed by atoms with Gasteiger partial charge in [-0.05, 0) is 65.9 Å². The van der Waals surface area contributed by atoms with Gasteiger partial charge in [0.2, 0.25) is 0 Å².